The fraction of sp³-hybridized carbons (Fsp3) is 0.100. The number of amides is 1. The van der Waals surface area contributed by atoms with Gasteiger partial charge in [0.1, 0.15) is 11.5 Å². The molecule has 3 aromatic rings. The Hall–Kier alpha value is -2.64. The molecule has 0 saturated carbocycles. The Bertz CT molecular complexity index is 968. The monoisotopic (exact) mass is 444 g/mol. The fourth-order valence-corrected chi connectivity index (χ4v) is 3.35. The number of methoxy groups -OCH3 is 2. The van der Waals surface area contributed by atoms with E-state index in [0.717, 1.165) is 21.3 Å². The summed E-state index contributed by atoms with van der Waals surface area (Å²) >= 11 is 4.79. The number of rotatable bonds is 6. The lowest BCUT2D eigenvalue weighted by atomic mass is 10.1. The van der Waals surface area contributed by atoms with Gasteiger partial charge in [-0.1, -0.05) is 28.1 Å². The van der Waals surface area contributed by atoms with Gasteiger partial charge in [0.15, 0.2) is 5.13 Å². The average molecular weight is 445 g/mol. The van der Waals surface area contributed by atoms with Crippen LogP contribution in [-0.4, -0.2) is 25.1 Å². The van der Waals surface area contributed by atoms with Gasteiger partial charge in [0, 0.05) is 27.1 Å². The van der Waals surface area contributed by atoms with E-state index in [2.05, 4.69) is 26.2 Å². The average Bonchev–Trinajstić information content (AvgIpc) is 3.15. The predicted molar refractivity (Wildman–Crippen MR) is 112 cm³/mol. The summed E-state index contributed by atoms with van der Waals surface area (Å²) in [5.41, 5.74) is 2.56. The first-order valence-corrected chi connectivity index (χ1v) is 9.69. The Kier molecular flexibility index (Phi) is 6.26. The molecule has 1 aromatic heterocycles. The first-order valence-electron chi connectivity index (χ1n) is 8.01. The van der Waals surface area contributed by atoms with Crippen molar-refractivity contribution in [1.29, 1.82) is 0 Å². The Morgan fingerprint density at radius 3 is 2.63 bits per heavy atom. The molecule has 138 valence electrons. The standard InChI is InChI=1S/C20H17BrN2O3S/c1-25-16-8-9-18(26-2)14(11-16)5-10-19(24)23-20-22-17(12-27-20)13-3-6-15(21)7-4-13/h3-12H,1-2H3,(H,22,23,24)/b10-5+. The molecule has 0 fully saturated rings. The van der Waals surface area contributed by atoms with Gasteiger partial charge >= 0.3 is 0 Å². The minimum Gasteiger partial charge on any atom is -0.497 e. The Balaban J connectivity index is 1.69. The minimum absolute atomic E-state index is 0.267. The second kappa shape index (κ2) is 8.83. The minimum atomic E-state index is -0.267. The topological polar surface area (TPSA) is 60.5 Å². The molecular weight excluding hydrogens is 428 g/mol. The van der Waals surface area contributed by atoms with E-state index in [1.165, 1.54) is 17.4 Å². The van der Waals surface area contributed by atoms with Gasteiger partial charge in [-0.05, 0) is 36.4 Å². The van der Waals surface area contributed by atoms with Crippen molar-refractivity contribution in [3.05, 3.63) is 64.0 Å². The van der Waals surface area contributed by atoms with Gasteiger partial charge in [-0.15, -0.1) is 11.3 Å². The number of hydrogen-bond acceptors (Lipinski definition) is 5. The molecule has 27 heavy (non-hydrogen) atoms. The van der Waals surface area contributed by atoms with E-state index in [1.54, 1.807) is 38.5 Å². The molecule has 0 atom stereocenters. The zero-order chi connectivity index (χ0) is 19.2. The van der Waals surface area contributed by atoms with Crippen molar-refractivity contribution < 1.29 is 14.3 Å². The highest BCUT2D eigenvalue weighted by Gasteiger charge is 2.07. The second-order valence-electron chi connectivity index (χ2n) is 5.48. The van der Waals surface area contributed by atoms with Crippen LogP contribution >= 0.6 is 27.3 Å². The number of nitrogens with zero attached hydrogens (tertiary/aromatic N) is 1. The van der Waals surface area contributed by atoms with Crippen LogP contribution in [0.3, 0.4) is 0 Å². The molecule has 2 aromatic carbocycles. The highest BCUT2D eigenvalue weighted by atomic mass is 79.9. The second-order valence-corrected chi connectivity index (χ2v) is 7.25. The number of nitrogens with one attached hydrogen (secondary N) is 1. The van der Waals surface area contributed by atoms with Crippen LogP contribution in [0.5, 0.6) is 11.5 Å². The lowest BCUT2D eigenvalue weighted by Gasteiger charge is -2.07. The number of halogens is 1. The summed E-state index contributed by atoms with van der Waals surface area (Å²) in [6.45, 7) is 0. The van der Waals surface area contributed by atoms with Crippen LogP contribution < -0.4 is 14.8 Å². The van der Waals surface area contributed by atoms with Crippen LogP contribution in [0.4, 0.5) is 5.13 Å². The molecule has 0 spiro atoms. The first-order chi connectivity index (χ1) is 13.1. The van der Waals surface area contributed by atoms with Crippen LogP contribution in [0, 0.1) is 0 Å². The van der Waals surface area contributed by atoms with Gasteiger partial charge in [-0.2, -0.15) is 0 Å². The molecule has 0 radical (unpaired) electrons. The molecule has 1 amide bonds. The van der Waals surface area contributed by atoms with Gasteiger partial charge in [0.05, 0.1) is 19.9 Å². The highest BCUT2D eigenvalue weighted by molar-refractivity contribution is 9.10. The van der Waals surface area contributed by atoms with Crippen molar-refractivity contribution >= 4 is 44.4 Å². The van der Waals surface area contributed by atoms with E-state index in [1.807, 2.05) is 29.6 Å². The molecule has 1 N–H and O–H groups in total. The molecule has 7 heteroatoms. The van der Waals surface area contributed by atoms with Crippen molar-refractivity contribution in [3.63, 3.8) is 0 Å². The maximum absolute atomic E-state index is 12.2. The Morgan fingerprint density at radius 2 is 1.93 bits per heavy atom. The van der Waals surface area contributed by atoms with Crippen LogP contribution in [0.1, 0.15) is 5.56 Å². The maximum atomic E-state index is 12.2. The maximum Gasteiger partial charge on any atom is 0.250 e. The number of anilines is 1. The Morgan fingerprint density at radius 1 is 1.15 bits per heavy atom. The van der Waals surface area contributed by atoms with E-state index in [0.29, 0.717) is 16.6 Å². The number of aromatic nitrogens is 1. The molecule has 0 aliphatic rings. The van der Waals surface area contributed by atoms with Crippen LogP contribution in [0.2, 0.25) is 0 Å². The van der Waals surface area contributed by atoms with Crippen LogP contribution in [-0.2, 0) is 4.79 Å². The molecule has 5 nitrogen and oxygen atoms in total. The summed E-state index contributed by atoms with van der Waals surface area (Å²) in [6.07, 6.45) is 3.12. The Labute approximate surface area is 169 Å². The summed E-state index contributed by atoms with van der Waals surface area (Å²) in [4.78, 5) is 16.7. The van der Waals surface area contributed by atoms with E-state index in [9.17, 15) is 4.79 Å². The SMILES string of the molecule is COc1ccc(OC)c(/C=C/C(=O)Nc2nc(-c3ccc(Br)cc3)cs2)c1. The number of thiazole rings is 1. The largest absolute Gasteiger partial charge is 0.497 e. The molecular formula is C20H17BrN2O3S. The number of carbonyl (C=O) groups excluding carboxylic acids is 1. The normalized spacial score (nSPS) is 10.8. The molecule has 3 rings (SSSR count). The fourth-order valence-electron chi connectivity index (χ4n) is 2.37. The molecule has 0 aliphatic heterocycles. The summed E-state index contributed by atoms with van der Waals surface area (Å²) in [5.74, 6) is 1.08. The van der Waals surface area contributed by atoms with Gasteiger partial charge in [-0.25, -0.2) is 4.98 Å². The highest BCUT2D eigenvalue weighted by Crippen LogP contribution is 2.27. The third-order valence-electron chi connectivity index (χ3n) is 3.73. The number of ether oxygens (including phenoxy) is 2. The van der Waals surface area contributed by atoms with E-state index in [4.69, 9.17) is 9.47 Å². The summed E-state index contributed by atoms with van der Waals surface area (Å²) < 4.78 is 11.5. The number of hydrogen-bond donors (Lipinski definition) is 1. The third-order valence-corrected chi connectivity index (χ3v) is 5.01. The van der Waals surface area contributed by atoms with Gasteiger partial charge in [0.2, 0.25) is 5.91 Å². The summed E-state index contributed by atoms with van der Waals surface area (Å²) in [6, 6.07) is 13.3. The van der Waals surface area contributed by atoms with Crippen molar-refractivity contribution in [2.24, 2.45) is 0 Å². The molecule has 1 heterocycles. The smallest absolute Gasteiger partial charge is 0.250 e. The van der Waals surface area contributed by atoms with Crippen molar-refractivity contribution in [3.8, 4) is 22.8 Å². The third kappa shape index (κ3) is 4.96. The predicted octanol–water partition coefficient (Wildman–Crippen LogP) is 5.24. The van der Waals surface area contributed by atoms with E-state index in [-0.39, 0.29) is 5.91 Å². The van der Waals surface area contributed by atoms with Gasteiger partial charge < -0.3 is 9.47 Å². The molecule has 0 aliphatic carbocycles. The summed E-state index contributed by atoms with van der Waals surface area (Å²) in [5, 5.41) is 5.23. The van der Waals surface area contributed by atoms with E-state index >= 15 is 0 Å². The zero-order valence-electron chi connectivity index (χ0n) is 14.7. The first kappa shape index (κ1) is 19.1. The zero-order valence-corrected chi connectivity index (χ0v) is 17.1. The van der Waals surface area contributed by atoms with Gasteiger partial charge in [0.25, 0.3) is 0 Å². The van der Waals surface area contributed by atoms with Crippen molar-refractivity contribution in [1.82, 2.24) is 4.98 Å². The molecule has 0 bridgehead atoms. The molecule has 0 unspecified atom stereocenters. The summed E-state index contributed by atoms with van der Waals surface area (Å²) in [7, 11) is 3.17. The lowest BCUT2D eigenvalue weighted by molar-refractivity contribution is -0.111. The quantitative estimate of drug-likeness (QED) is 0.527. The number of benzene rings is 2. The van der Waals surface area contributed by atoms with Crippen molar-refractivity contribution in [2.75, 3.05) is 19.5 Å². The van der Waals surface area contributed by atoms with Gasteiger partial charge in [-0.3, -0.25) is 10.1 Å². The molecule has 0 saturated heterocycles. The lowest BCUT2D eigenvalue weighted by Crippen LogP contribution is -2.07. The van der Waals surface area contributed by atoms with Crippen LogP contribution in [0.25, 0.3) is 17.3 Å². The number of carbonyl (C=O) groups is 1. The van der Waals surface area contributed by atoms with E-state index < -0.39 is 0 Å². The van der Waals surface area contributed by atoms with Crippen molar-refractivity contribution in [2.45, 2.75) is 0 Å². The van der Waals surface area contributed by atoms with Crippen LogP contribution in [0.15, 0.2) is 58.4 Å².